The molecule has 1 rings (SSSR count). The van der Waals surface area contributed by atoms with E-state index in [2.05, 4.69) is 5.32 Å². The van der Waals surface area contributed by atoms with Crippen molar-refractivity contribution in [3.05, 3.63) is 23.8 Å². The normalized spacial score (nSPS) is 11.9. The van der Waals surface area contributed by atoms with Crippen molar-refractivity contribution in [3.8, 4) is 0 Å². The number of sulfonamides is 1. The fourth-order valence-electron chi connectivity index (χ4n) is 1.85. The number of rotatable bonds is 6. The average Bonchev–Trinajstić information content (AvgIpc) is 2.37. The maximum Gasteiger partial charge on any atom is 0.243 e. The number of nitrogens with zero attached hydrogens (tertiary/aromatic N) is 1. The second-order valence-electron chi connectivity index (χ2n) is 5.17. The molecule has 21 heavy (non-hydrogen) atoms. The molecular weight excluding hydrogens is 290 g/mol. The van der Waals surface area contributed by atoms with Crippen LogP contribution >= 0.6 is 0 Å². The fourth-order valence-corrected chi connectivity index (χ4v) is 3.34. The van der Waals surface area contributed by atoms with E-state index in [1.807, 2.05) is 13.8 Å². The van der Waals surface area contributed by atoms with Crippen LogP contribution in [0.15, 0.2) is 23.1 Å². The number of carbonyl (C=O) groups excluding carboxylic acids is 1. The predicted octanol–water partition coefficient (Wildman–Crippen LogP) is 1.11. The smallest absolute Gasteiger partial charge is 0.243 e. The van der Waals surface area contributed by atoms with Crippen LogP contribution in [-0.4, -0.2) is 37.8 Å². The number of likely N-dealkylation sites (N-methyl/N-ethyl adjacent to an activating group) is 1. The van der Waals surface area contributed by atoms with Gasteiger partial charge in [0.1, 0.15) is 0 Å². The van der Waals surface area contributed by atoms with E-state index in [1.54, 1.807) is 19.9 Å². The molecule has 0 radical (unpaired) electrons. The van der Waals surface area contributed by atoms with Crippen LogP contribution < -0.4 is 11.1 Å². The Hall–Kier alpha value is -1.60. The Balaban J connectivity index is 3.02. The quantitative estimate of drug-likeness (QED) is 0.770. The zero-order valence-electron chi connectivity index (χ0n) is 12.9. The highest BCUT2D eigenvalue weighted by Crippen LogP contribution is 2.20. The van der Waals surface area contributed by atoms with E-state index in [0.717, 1.165) is 4.31 Å². The van der Waals surface area contributed by atoms with Crippen molar-refractivity contribution >= 4 is 21.6 Å². The molecule has 0 heterocycles. The van der Waals surface area contributed by atoms with Gasteiger partial charge in [-0.05, 0) is 44.5 Å². The van der Waals surface area contributed by atoms with Crippen LogP contribution in [-0.2, 0) is 14.8 Å². The number of aryl methyl sites for hydroxylation is 1. The van der Waals surface area contributed by atoms with Crippen LogP contribution in [0.4, 0.5) is 5.69 Å². The molecule has 0 fully saturated rings. The van der Waals surface area contributed by atoms with Crippen molar-refractivity contribution in [2.75, 3.05) is 18.8 Å². The van der Waals surface area contributed by atoms with Crippen molar-refractivity contribution < 1.29 is 13.2 Å². The minimum Gasteiger partial charge on any atom is -0.399 e. The number of nitrogens with two attached hydrogens (primary N) is 1. The highest BCUT2D eigenvalue weighted by atomic mass is 32.2. The van der Waals surface area contributed by atoms with Gasteiger partial charge in [0.15, 0.2) is 0 Å². The monoisotopic (exact) mass is 313 g/mol. The first-order valence-corrected chi connectivity index (χ1v) is 8.28. The molecule has 1 amide bonds. The summed E-state index contributed by atoms with van der Waals surface area (Å²) in [6, 6.07) is 4.51. The van der Waals surface area contributed by atoms with E-state index >= 15 is 0 Å². The summed E-state index contributed by atoms with van der Waals surface area (Å²) in [7, 11) is -3.70. The van der Waals surface area contributed by atoms with Gasteiger partial charge in [-0.15, -0.1) is 0 Å². The van der Waals surface area contributed by atoms with Gasteiger partial charge in [0.2, 0.25) is 15.9 Å². The first-order chi connectivity index (χ1) is 9.68. The Morgan fingerprint density at radius 3 is 2.48 bits per heavy atom. The topological polar surface area (TPSA) is 92.5 Å². The molecule has 0 saturated carbocycles. The van der Waals surface area contributed by atoms with Gasteiger partial charge in [0, 0.05) is 18.3 Å². The Morgan fingerprint density at radius 1 is 1.38 bits per heavy atom. The largest absolute Gasteiger partial charge is 0.399 e. The first-order valence-electron chi connectivity index (χ1n) is 6.84. The summed E-state index contributed by atoms with van der Waals surface area (Å²) in [5.41, 5.74) is 6.93. The zero-order chi connectivity index (χ0) is 16.2. The van der Waals surface area contributed by atoms with E-state index in [1.165, 1.54) is 12.1 Å². The van der Waals surface area contributed by atoms with Gasteiger partial charge in [-0.3, -0.25) is 4.79 Å². The van der Waals surface area contributed by atoms with E-state index in [0.29, 0.717) is 11.3 Å². The van der Waals surface area contributed by atoms with Crippen LogP contribution in [0.5, 0.6) is 0 Å². The predicted molar refractivity (Wildman–Crippen MR) is 83.3 cm³/mol. The number of anilines is 1. The van der Waals surface area contributed by atoms with Crippen molar-refractivity contribution in [1.82, 2.24) is 9.62 Å². The Bertz CT molecular complexity index is 612. The third-order valence-corrected chi connectivity index (χ3v) is 4.92. The number of hydrogen-bond donors (Lipinski definition) is 2. The lowest BCUT2D eigenvalue weighted by Crippen LogP contribution is -2.42. The van der Waals surface area contributed by atoms with Gasteiger partial charge < -0.3 is 11.1 Å². The average molecular weight is 313 g/mol. The van der Waals surface area contributed by atoms with Gasteiger partial charge in [-0.2, -0.15) is 4.31 Å². The molecule has 0 saturated heterocycles. The summed E-state index contributed by atoms with van der Waals surface area (Å²) in [5, 5.41) is 2.69. The summed E-state index contributed by atoms with van der Waals surface area (Å²) in [6.07, 6.45) is 0. The van der Waals surface area contributed by atoms with Gasteiger partial charge in [0.25, 0.3) is 0 Å². The third-order valence-electron chi connectivity index (χ3n) is 3.00. The molecule has 0 aromatic heterocycles. The number of carbonyl (C=O) groups is 1. The van der Waals surface area contributed by atoms with Gasteiger partial charge in [-0.1, -0.05) is 6.92 Å². The maximum atomic E-state index is 12.6. The third kappa shape index (κ3) is 4.44. The van der Waals surface area contributed by atoms with Crippen molar-refractivity contribution in [3.63, 3.8) is 0 Å². The Kier molecular flexibility index (Phi) is 5.74. The Morgan fingerprint density at radius 2 is 2.00 bits per heavy atom. The molecule has 0 aliphatic carbocycles. The summed E-state index contributed by atoms with van der Waals surface area (Å²) in [4.78, 5) is 11.9. The van der Waals surface area contributed by atoms with E-state index in [9.17, 15) is 13.2 Å². The number of benzene rings is 1. The molecule has 0 aliphatic heterocycles. The van der Waals surface area contributed by atoms with Crippen LogP contribution in [0.3, 0.4) is 0 Å². The maximum absolute atomic E-state index is 12.6. The molecule has 0 aliphatic rings. The number of nitrogen functional groups attached to an aromatic ring is 1. The molecule has 0 bridgehead atoms. The molecule has 1 aromatic carbocycles. The van der Waals surface area contributed by atoms with Gasteiger partial charge in [-0.25, -0.2) is 8.42 Å². The molecule has 0 unspecified atom stereocenters. The number of nitrogens with one attached hydrogen (secondary N) is 1. The Labute approximate surface area is 126 Å². The highest BCUT2D eigenvalue weighted by Gasteiger charge is 2.25. The van der Waals surface area contributed by atoms with Crippen molar-refractivity contribution in [2.24, 2.45) is 0 Å². The summed E-state index contributed by atoms with van der Waals surface area (Å²) < 4.78 is 26.3. The second kappa shape index (κ2) is 6.91. The van der Waals surface area contributed by atoms with Crippen molar-refractivity contribution in [2.45, 2.75) is 38.6 Å². The van der Waals surface area contributed by atoms with Gasteiger partial charge >= 0.3 is 0 Å². The first kappa shape index (κ1) is 17.5. The zero-order valence-corrected chi connectivity index (χ0v) is 13.7. The van der Waals surface area contributed by atoms with Crippen molar-refractivity contribution in [1.29, 1.82) is 0 Å². The molecule has 3 N–H and O–H groups in total. The standard InChI is InChI=1S/C14H23N3O3S/c1-5-17(9-14(18)16-10(2)3)21(19,20)12-6-7-13(15)11(4)8-12/h6-8,10H,5,9,15H2,1-4H3,(H,16,18). The number of amides is 1. The van der Waals surface area contributed by atoms with E-state index in [4.69, 9.17) is 5.73 Å². The molecule has 0 spiro atoms. The fraction of sp³-hybridized carbons (Fsp3) is 0.500. The minimum absolute atomic E-state index is 0.0299. The van der Waals surface area contributed by atoms with Gasteiger partial charge in [0.05, 0.1) is 11.4 Å². The molecule has 6 nitrogen and oxygen atoms in total. The molecular formula is C14H23N3O3S. The van der Waals surface area contributed by atoms with E-state index < -0.39 is 10.0 Å². The molecule has 0 atom stereocenters. The second-order valence-corrected chi connectivity index (χ2v) is 7.11. The lowest BCUT2D eigenvalue weighted by atomic mass is 10.2. The molecule has 1 aromatic rings. The summed E-state index contributed by atoms with van der Waals surface area (Å²) in [6.45, 7) is 7.12. The number of hydrogen-bond acceptors (Lipinski definition) is 4. The highest BCUT2D eigenvalue weighted by molar-refractivity contribution is 7.89. The van der Waals surface area contributed by atoms with Crippen LogP contribution in [0.1, 0.15) is 26.3 Å². The summed E-state index contributed by atoms with van der Waals surface area (Å²) in [5.74, 6) is -0.317. The molecule has 7 heteroatoms. The summed E-state index contributed by atoms with van der Waals surface area (Å²) >= 11 is 0. The van der Waals surface area contributed by atoms with Crippen LogP contribution in [0.25, 0.3) is 0 Å². The minimum atomic E-state index is -3.70. The van der Waals surface area contributed by atoms with Crippen LogP contribution in [0.2, 0.25) is 0 Å². The lowest BCUT2D eigenvalue weighted by molar-refractivity contribution is -0.121. The van der Waals surface area contributed by atoms with Crippen LogP contribution in [0, 0.1) is 6.92 Å². The lowest BCUT2D eigenvalue weighted by Gasteiger charge is -2.21. The van der Waals surface area contributed by atoms with E-state index in [-0.39, 0.29) is 29.9 Å². The molecule has 118 valence electrons. The SMILES string of the molecule is CCN(CC(=O)NC(C)C)S(=O)(=O)c1ccc(N)c(C)c1.